The average Bonchev–Trinajstić information content (AvgIpc) is 3.45. The standard InChI is InChI=1S/C23H28Cl2N5O5P/c1-14(2)34-22(31)15(3)29-36(32,35-18-7-5-4-6-8-18)33-12-16-9-10-17(11-16)30-13-26-19-20(24)27-23(25)28-21(19)30/h4-8,13-17H,9-12H2,1-3H3,(H,29,32)/t15-,16+,17-,36?/m0/s1. The maximum Gasteiger partial charge on any atom is 0.459 e. The van der Waals surface area contributed by atoms with Crippen molar-refractivity contribution in [3.8, 4) is 5.75 Å². The van der Waals surface area contributed by atoms with Gasteiger partial charge in [0.25, 0.3) is 0 Å². The summed E-state index contributed by atoms with van der Waals surface area (Å²) in [5, 5.41) is 2.98. The van der Waals surface area contributed by atoms with E-state index in [-0.39, 0.29) is 35.1 Å². The van der Waals surface area contributed by atoms with Gasteiger partial charge in [-0.1, -0.05) is 29.8 Å². The van der Waals surface area contributed by atoms with Crippen molar-refractivity contribution in [2.75, 3.05) is 6.61 Å². The molecule has 1 aliphatic rings. The van der Waals surface area contributed by atoms with Gasteiger partial charge in [-0.15, -0.1) is 0 Å². The molecule has 0 amide bonds. The molecule has 0 saturated heterocycles. The van der Waals surface area contributed by atoms with Crippen LogP contribution in [0, 0.1) is 5.92 Å². The molecular weight excluding hydrogens is 528 g/mol. The smallest absolute Gasteiger partial charge is 0.459 e. The summed E-state index contributed by atoms with van der Waals surface area (Å²) in [4.78, 5) is 24.9. The Bertz CT molecular complexity index is 1260. The minimum absolute atomic E-state index is 0.0577. The van der Waals surface area contributed by atoms with Crippen molar-refractivity contribution in [1.82, 2.24) is 24.6 Å². The maximum atomic E-state index is 13.7. The first-order chi connectivity index (χ1) is 17.1. The highest BCUT2D eigenvalue weighted by Crippen LogP contribution is 2.47. The minimum atomic E-state index is -3.90. The van der Waals surface area contributed by atoms with Crippen LogP contribution in [0.15, 0.2) is 36.7 Å². The van der Waals surface area contributed by atoms with Gasteiger partial charge in [-0.05, 0) is 69.7 Å². The number of benzene rings is 1. The Hall–Kier alpha value is -2.23. The van der Waals surface area contributed by atoms with Crippen LogP contribution in [0.5, 0.6) is 5.75 Å². The molecule has 1 unspecified atom stereocenters. The normalized spacial score (nSPS) is 20.4. The number of carbonyl (C=O) groups excluding carboxylic acids is 1. The lowest BCUT2D eigenvalue weighted by Gasteiger charge is -2.24. The number of aromatic nitrogens is 4. The fraction of sp³-hybridized carbons (Fsp3) is 0.478. The Labute approximate surface area is 219 Å². The monoisotopic (exact) mass is 555 g/mol. The number of halogens is 2. The summed E-state index contributed by atoms with van der Waals surface area (Å²) in [6, 6.07) is 7.87. The van der Waals surface area contributed by atoms with Crippen LogP contribution in [0.25, 0.3) is 11.2 Å². The predicted octanol–water partition coefficient (Wildman–Crippen LogP) is 5.61. The Morgan fingerprint density at radius 1 is 1.19 bits per heavy atom. The van der Waals surface area contributed by atoms with Crippen molar-refractivity contribution >= 4 is 48.1 Å². The molecule has 1 aliphatic carbocycles. The third kappa shape index (κ3) is 6.55. The van der Waals surface area contributed by atoms with Crippen molar-refractivity contribution in [2.24, 2.45) is 5.92 Å². The number of carbonyl (C=O) groups is 1. The van der Waals surface area contributed by atoms with Gasteiger partial charge in [-0.3, -0.25) is 9.32 Å². The van der Waals surface area contributed by atoms with Gasteiger partial charge in [-0.25, -0.2) is 14.5 Å². The number of nitrogens with one attached hydrogen (secondary N) is 1. The maximum absolute atomic E-state index is 13.7. The Balaban J connectivity index is 1.44. The fourth-order valence-corrected chi connectivity index (χ4v) is 6.10. The first-order valence-corrected chi connectivity index (χ1v) is 14.0. The van der Waals surface area contributed by atoms with Crippen molar-refractivity contribution in [3.63, 3.8) is 0 Å². The zero-order valence-electron chi connectivity index (χ0n) is 20.1. The van der Waals surface area contributed by atoms with Crippen molar-refractivity contribution < 1.29 is 23.1 Å². The molecule has 0 bridgehead atoms. The number of esters is 1. The highest BCUT2D eigenvalue weighted by atomic mass is 35.5. The van der Waals surface area contributed by atoms with Crippen LogP contribution < -0.4 is 9.61 Å². The van der Waals surface area contributed by atoms with Gasteiger partial charge in [0.05, 0.1) is 19.0 Å². The lowest BCUT2D eigenvalue weighted by molar-refractivity contribution is -0.149. The molecule has 1 fully saturated rings. The van der Waals surface area contributed by atoms with Crippen LogP contribution in [0.4, 0.5) is 0 Å². The van der Waals surface area contributed by atoms with E-state index >= 15 is 0 Å². The van der Waals surface area contributed by atoms with E-state index in [4.69, 9.17) is 37.0 Å². The first kappa shape index (κ1) is 26.8. The van der Waals surface area contributed by atoms with Crippen LogP contribution in [-0.2, 0) is 18.6 Å². The van der Waals surface area contributed by atoms with Crippen molar-refractivity contribution in [2.45, 2.75) is 58.2 Å². The molecule has 2 aromatic heterocycles. The largest absolute Gasteiger partial charge is 0.462 e. The molecule has 0 spiro atoms. The average molecular weight is 556 g/mol. The number of rotatable bonds is 10. The van der Waals surface area contributed by atoms with Gasteiger partial charge in [0.15, 0.2) is 10.8 Å². The lowest BCUT2D eigenvalue weighted by Crippen LogP contribution is -2.36. The van der Waals surface area contributed by atoms with Gasteiger partial charge in [-0.2, -0.15) is 10.1 Å². The van der Waals surface area contributed by atoms with E-state index in [9.17, 15) is 9.36 Å². The van der Waals surface area contributed by atoms with Gasteiger partial charge < -0.3 is 13.8 Å². The predicted molar refractivity (Wildman–Crippen MR) is 136 cm³/mol. The van der Waals surface area contributed by atoms with E-state index in [1.165, 1.54) is 0 Å². The number of fused-ring (bicyclic) bond motifs is 1. The highest BCUT2D eigenvalue weighted by Gasteiger charge is 2.35. The van der Waals surface area contributed by atoms with Gasteiger partial charge >= 0.3 is 13.7 Å². The molecule has 10 nitrogen and oxygen atoms in total. The van der Waals surface area contributed by atoms with Gasteiger partial charge in [0.1, 0.15) is 17.3 Å². The van der Waals surface area contributed by atoms with Crippen LogP contribution in [0.3, 0.4) is 0 Å². The Kier molecular flexibility index (Phi) is 8.52. The molecule has 3 aromatic rings. The SMILES string of the molecule is CC(C)OC(=O)[C@H](C)NP(=O)(OC[C@@H]1CC[C@H](n2cnc3c(Cl)nc(Cl)nc32)C1)Oc1ccccc1. The van der Waals surface area contributed by atoms with Crippen molar-refractivity contribution in [3.05, 3.63) is 47.1 Å². The van der Waals surface area contributed by atoms with E-state index in [0.717, 1.165) is 19.3 Å². The molecule has 1 N–H and O–H groups in total. The molecule has 36 heavy (non-hydrogen) atoms. The number of ether oxygens (including phenoxy) is 1. The lowest BCUT2D eigenvalue weighted by atomic mass is 10.1. The zero-order valence-corrected chi connectivity index (χ0v) is 22.5. The van der Waals surface area contributed by atoms with Crippen LogP contribution in [0.1, 0.15) is 46.1 Å². The molecule has 0 aliphatic heterocycles. The third-order valence-corrected chi connectivity index (χ3v) is 7.84. The number of para-hydroxylation sites is 1. The molecule has 194 valence electrons. The van der Waals surface area contributed by atoms with E-state index in [1.807, 2.05) is 10.6 Å². The topological polar surface area (TPSA) is 117 Å². The van der Waals surface area contributed by atoms with E-state index in [0.29, 0.717) is 16.9 Å². The first-order valence-electron chi connectivity index (χ1n) is 11.7. The summed E-state index contributed by atoms with van der Waals surface area (Å²) in [5.41, 5.74) is 1.07. The van der Waals surface area contributed by atoms with E-state index in [2.05, 4.69) is 20.0 Å². The fourth-order valence-electron chi connectivity index (χ4n) is 4.11. The van der Waals surface area contributed by atoms with Crippen molar-refractivity contribution in [1.29, 1.82) is 0 Å². The highest BCUT2D eigenvalue weighted by molar-refractivity contribution is 7.52. The van der Waals surface area contributed by atoms with E-state index < -0.39 is 19.8 Å². The molecule has 1 saturated carbocycles. The Morgan fingerprint density at radius 2 is 1.94 bits per heavy atom. The summed E-state index contributed by atoms with van der Waals surface area (Å²) in [7, 11) is -3.90. The summed E-state index contributed by atoms with van der Waals surface area (Å²) in [6.07, 6.45) is 3.78. The summed E-state index contributed by atoms with van der Waals surface area (Å²) in [5.74, 6) is -0.0919. The molecule has 2 heterocycles. The number of hydrogen-bond acceptors (Lipinski definition) is 8. The number of imidazole rings is 1. The molecule has 4 atom stereocenters. The molecule has 1 aromatic carbocycles. The second-order valence-electron chi connectivity index (χ2n) is 8.97. The van der Waals surface area contributed by atoms with Crippen LogP contribution >= 0.6 is 30.9 Å². The van der Waals surface area contributed by atoms with Crippen LogP contribution in [0.2, 0.25) is 10.4 Å². The molecule has 0 radical (unpaired) electrons. The molecule has 13 heteroatoms. The zero-order chi connectivity index (χ0) is 25.9. The number of nitrogens with zero attached hydrogens (tertiary/aromatic N) is 4. The number of hydrogen-bond donors (Lipinski definition) is 1. The second-order valence-corrected chi connectivity index (χ2v) is 11.4. The van der Waals surface area contributed by atoms with E-state index in [1.54, 1.807) is 51.4 Å². The second kappa shape index (κ2) is 11.4. The third-order valence-electron chi connectivity index (χ3n) is 5.76. The summed E-state index contributed by atoms with van der Waals surface area (Å²) in [6.45, 7) is 5.22. The van der Waals surface area contributed by atoms with Gasteiger partial charge in [0.2, 0.25) is 5.28 Å². The molecule has 4 rings (SSSR count). The quantitative estimate of drug-likeness (QED) is 0.147. The summed E-state index contributed by atoms with van der Waals surface area (Å²) >= 11 is 12.1. The summed E-state index contributed by atoms with van der Waals surface area (Å²) < 4.78 is 32.4. The minimum Gasteiger partial charge on any atom is -0.462 e. The Morgan fingerprint density at radius 3 is 2.67 bits per heavy atom. The van der Waals surface area contributed by atoms with Gasteiger partial charge in [0, 0.05) is 6.04 Å². The van der Waals surface area contributed by atoms with Crippen LogP contribution in [-0.4, -0.2) is 44.2 Å². The molecular formula is C23H28Cl2N5O5P.